The second-order valence-corrected chi connectivity index (χ2v) is 8.53. The number of amides is 1. The van der Waals surface area contributed by atoms with Crippen LogP contribution in [0.15, 0.2) is 5.16 Å². The molecule has 2 aromatic heterocycles. The van der Waals surface area contributed by atoms with Crippen molar-refractivity contribution in [3.63, 3.8) is 0 Å². The Hall–Kier alpha value is -2.16. The average molecular weight is 408 g/mol. The maximum Gasteiger partial charge on any atom is 0.306 e. The minimum atomic E-state index is -0.489. The number of fused-ring (bicyclic) bond motifs is 1. The first-order chi connectivity index (χ1) is 13.0. The van der Waals surface area contributed by atoms with Crippen LogP contribution in [0.1, 0.15) is 50.6 Å². The predicted octanol–water partition coefficient (Wildman–Crippen LogP) is 2.59. The fourth-order valence-corrected chi connectivity index (χ4v) is 3.13. The first-order valence-electron chi connectivity index (χ1n) is 9.24. The molecule has 0 fully saturated rings. The number of rotatable bonds is 7. The van der Waals surface area contributed by atoms with E-state index in [1.54, 1.807) is 16.5 Å². The van der Waals surface area contributed by atoms with Crippen LogP contribution in [0.5, 0.6) is 0 Å². The molecule has 0 aliphatic carbocycles. The molecular formula is C19H29N5O3S. The molecule has 0 atom stereocenters. The fraction of sp³-hybridized carbons (Fsp3) is 0.632. The largest absolute Gasteiger partial charge is 0.460 e. The fourth-order valence-electron chi connectivity index (χ4n) is 2.80. The van der Waals surface area contributed by atoms with Crippen molar-refractivity contribution in [2.45, 2.75) is 64.6 Å². The second kappa shape index (κ2) is 8.89. The summed E-state index contributed by atoms with van der Waals surface area (Å²) < 4.78 is 6.98. The van der Waals surface area contributed by atoms with E-state index in [1.165, 1.54) is 11.8 Å². The Morgan fingerprint density at radius 1 is 1.21 bits per heavy atom. The summed E-state index contributed by atoms with van der Waals surface area (Å²) in [5, 5.41) is 5.06. The molecule has 8 nitrogen and oxygen atoms in total. The van der Waals surface area contributed by atoms with Crippen molar-refractivity contribution >= 4 is 29.4 Å². The Bertz CT molecular complexity index is 873. The highest BCUT2D eigenvalue weighted by atomic mass is 32.2. The Labute approximate surface area is 170 Å². The molecule has 9 heteroatoms. The van der Waals surface area contributed by atoms with Gasteiger partial charge in [0, 0.05) is 37.0 Å². The van der Waals surface area contributed by atoms with Gasteiger partial charge in [-0.2, -0.15) is 4.98 Å². The number of aryl methyl sites for hydroxylation is 2. The van der Waals surface area contributed by atoms with Crippen molar-refractivity contribution in [2.75, 3.05) is 19.8 Å². The molecule has 0 aromatic carbocycles. The van der Waals surface area contributed by atoms with Crippen LogP contribution in [0.4, 0.5) is 0 Å². The van der Waals surface area contributed by atoms with E-state index < -0.39 is 5.60 Å². The molecular weight excluding hydrogens is 378 g/mol. The van der Waals surface area contributed by atoms with E-state index >= 15 is 0 Å². The lowest BCUT2D eigenvalue weighted by Gasteiger charge is -2.21. The average Bonchev–Trinajstić information content (AvgIpc) is 2.99. The van der Waals surface area contributed by atoms with E-state index in [1.807, 2.05) is 40.9 Å². The van der Waals surface area contributed by atoms with Gasteiger partial charge in [0.25, 0.3) is 5.78 Å². The molecule has 0 saturated heterocycles. The van der Waals surface area contributed by atoms with E-state index in [0.29, 0.717) is 23.9 Å². The van der Waals surface area contributed by atoms with Gasteiger partial charge in [-0.05, 0) is 47.3 Å². The van der Waals surface area contributed by atoms with Gasteiger partial charge in [-0.3, -0.25) is 9.59 Å². The predicted molar refractivity (Wildman–Crippen MR) is 108 cm³/mol. The quantitative estimate of drug-likeness (QED) is 0.515. The molecule has 28 heavy (non-hydrogen) atoms. The highest BCUT2D eigenvalue weighted by Crippen LogP contribution is 2.18. The lowest BCUT2D eigenvalue weighted by molar-refractivity contribution is -0.155. The zero-order valence-electron chi connectivity index (χ0n) is 17.7. The number of nitrogens with zero attached hydrogens (tertiary/aromatic N) is 5. The third-order valence-electron chi connectivity index (χ3n) is 4.26. The summed E-state index contributed by atoms with van der Waals surface area (Å²) in [6, 6.07) is 0. The van der Waals surface area contributed by atoms with E-state index in [2.05, 4.69) is 15.1 Å². The summed E-state index contributed by atoms with van der Waals surface area (Å²) >= 11 is 1.45. The van der Waals surface area contributed by atoms with Gasteiger partial charge in [0.05, 0.1) is 6.42 Å². The molecule has 0 bridgehead atoms. The molecule has 2 rings (SSSR count). The van der Waals surface area contributed by atoms with Crippen LogP contribution in [-0.2, 0) is 20.7 Å². The minimum Gasteiger partial charge on any atom is -0.460 e. The number of aromatic nitrogens is 4. The monoisotopic (exact) mass is 407 g/mol. The molecule has 0 radical (unpaired) electrons. The number of esters is 1. The van der Waals surface area contributed by atoms with Crippen molar-refractivity contribution in [3.05, 3.63) is 17.0 Å². The molecule has 0 aliphatic rings. The van der Waals surface area contributed by atoms with Gasteiger partial charge < -0.3 is 9.64 Å². The molecule has 0 saturated carbocycles. The van der Waals surface area contributed by atoms with E-state index in [-0.39, 0.29) is 24.7 Å². The summed E-state index contributed by atoms with van der Waals surface area (Å²) in [4.78, 5) is 34.9. The van der Waals surface area contributed by atoms with Crippen molar-refractivity contribution in [2.24, 2.45) is 0 Å². The van der Waals surface area contributed by atoms with E-state index in [9.17, 15) is 9.59 Å². The summed E-state index contributed by atoms with van der Waals surface area (Å²) in [5.74, 6) is 0.272. The van der Waals surface area contributed by atoms with Crippen molar-refractivity contribution < 1.29 is 14.3 Å². The van der Waals surface area contributed by atoms with Crippen molar-refractivity contribution in [1.29, 1.82) is 0 Å². The summed E-state index contributed by atoms with van der Waals surface area (Å²) in [6.45, 7) is 9.82. The van der Waals surface area contributed by atoms with Gasteiger partial charge in [-0.15, -0.1) is 5.10 Å². The van der Waals surface area contributed by atoms with Gasteiger partial charge in [0.1, 0.15) is 5.60 Å². The molecule has 0 unspecified atom stereocenters. The second-order valence-electron chi connectivity index (χ2n) is 7.75. The van der Waals surface area contributed by atoms with Gasteiger partial charge in [0.15, 0.2) is 0 Å². The number of carbonyl (C=O) groups is 2. The van der Waals surface area contributed by atoms with Crippen molar-refractivity contribution in [3.8, 4) is 0 Å². The lowest BCUT2D eigenvalue weighted by Crippen LogP contribution is -2.31. The van der Waals surface area contributed by atoms with Crippen LogP contribution < -0.4 is 0 Å². The smallest absolute Gasteiger partial charge is 0.306 e. The van der Waals surface area contributed by atoms with Crippen LogP contribution in [0.2, 0.25) is 0 Å². The normalized spacial score (nSPS) is 11.7. The van der Waals surface area contributed by atoms with Crippen molar-refractivity contribution in [1.82, 2.24) is 24.5 Å². The molecule has 0 N–H and O–H groups in total. The lowest BCUT2D eigenvalue weighted by atomic mass is 10.1. The molecule has 0 spiro atoms. The third-order valence-corrected chi connectivity index (χ3v) is 4.80. The summed E-state index contributed by atoms with van der Waals surface area (Å²) in [7, 11) is 1.75. The number of hydrogen-bond donors (Lipinski definition) is 0. The Morgan fingerprint density at radius 2 is 1.89 bits per heavy atom. The van der Waals surface area contributed by atoms with Crippen LogP contribution in [0.3, 0.4) is 0 Å². The molecule has 154 valence electrons. The minimum absolute atomic E-state index is 0.0262. The molecule has 0 aliphatic heterocycles. The molecule has 2 heterocycles. The number of ether oxygens (including phenoxy) is 1. The summed E-state index contributed by atoms with van der Waals surface area (Å²) in [6.07, 6.45) is 3.00. The standard InChI is InChI=1S/C19H29N5O3S/c1-12-14(13(2)24-17(20-12)21-18(22-24)28-7)11-15(25)23(6)10-8-9-16(26)27-19(3,4)5/h8-11H2,1-7H3. The van der Waals surface area contributed by atoms with Gasteiger partial charge in [-0.1, -0.05) is 11.8 Å². The number of likely N-dealkylation sites (N-methyl/N-ethyl adjacent to an activating group) is 1. The third kappa shape index (κ3) is 5.67. The number of thioether (sulfide) groups is 1. The highest BCUT2D eigenvalue weighted by Gasteiger charge is 2.19. The SMILES string of the molecule is CSc1nc2nc(C)c(CC(=O)N(C)CCCC(=O)OC(C)(C)C)c(C)n2n1. The van der Waals surface area contributed by atoms with Crippen LogP contribution in [-0.4, -0.2) is 61.8 Å². The summed E-state index contributed by atoms with van der Waals surface area (Å²) in [5.41, 5.74) is 2.01. The van der Waals surface area contributed by atoms with Crippen LogP contribution in [0.25, 0.3) is 5.78 Å². The van der Waals surface area contributed by atoms with E-state index in [4.69, 9.17) is 4.74 Å². The Morgan fingerprint density at radius 3 is 2.50 bits per heavy atom. The van der Waals surface area contributed by atoms with Gasteiger partial charge in [-0.25, -0.2) is 9.50 Å². The first-order valence-corrected chi connectivity index (χ1v) is 10.5. The Kier molecular flexibility index (Phi) is 7.03. The topological polar surface area (TPSA) is 89.7 Å². The molecule has 2 aromatic rings. The van der Waals surface area contributed by atoms with Gasteiger partial charge in [0.2, 0.25) is 11.1 Å². The first kappa shape index (κ1) is 22.1. The Balaban J connectivity index is 1.99. The highest BCUT2D eigenvalue weighted by molar-refractivity contribution is 7.98. The molecule has 1 amide bonds. The van der Waals surface area contributed by atoms with Gasteiger partial charge >= 0.3 is 5.97 Å². The van der Waals surface area contributed by atoms with Crippen LogP contribution in [0, 0.1) is 13.8 Å². The maximum atomic E-state index is 12.7. The number of carbonyl (C=O) groups excluding carboxylic acids is 2. The van der Waals surface area contributed by atoms with Crippen LogP contribution >= 0.6 is 11.8 Å². The zero-order valence-corrected chi connectivity index (χ0v) is 18.5. The number of hydrogen-bond acceptors (Lipinski definition) is 7. The van der Waals surface area contributed by atoms with E-state index in [0.717, 1.165) is 17.0 Å². The zero-order chi connectivity index (χ0) is 21.1. The maximum absolute atomic E-state index is 12.7.